The van der Waals surface area contributed by atoms with Gasteiger partial charge in [-0.1, -0.05) is 5.21 Å². The molecule has 6 heteroatoms. The smallest absolute Gasteiger partial charge is 0.137 e. The number of ether oxygens (including phenoxy) is 1. The molecule has 0 unspecified atom stereocenters. The third-order valence-electron chi connectivity index (χ3n) is 2.17. The fourth-order valence-electron chi connectivity index (χ4n) is 1.40. The lowest BCUT2D eigenvalue weighted by atomic mass is 10.4. The van der Waals surface area contributed by atoms with Crippen molar-refractivity contribution in [2.75, 3.05) is 13.7 Å². The van der Waals surface area contributed by atoms with E-state index in [4.69, 9.17) is 4.74 Å². The van der Waals surface area contributed by atoms with E-state index in [1.54, 1.807) is 17.1 Å². The predicted molar refractivity (Wildman–Crippen MR) is 62.5 cm³/mol. The van der Waals surface area contributed by atoms with Gasteiger partial charge in [-0.15, -0.1) is 5.10 Å². The van der Waals surface area contributed by atoms with E-state index < -0.39 is 0 Å². The molecule has 6 nitrogen and oxygen atoms in total. The van der Waals surface area contributed by atoms with Crippen LogP contribution in [0.25, 0.3) is 0 Å². The zero-order valence-electron chi connectivity index (χ0n) is 9.71. The van der Waals surface area contributed by atoms with Crippen molar-refractivity contribution in [1.82, 2.24) is 25.3 Å². The molecule has 0 saturated carbocycles. The van der Waals surface area contributed by atoms with Crippen molar-refractivity contribution in [2.24, 2.45) is 0 Å². The van der Waals surface area contributed by atoms with E-state index in [2.05, 4.69) is 20.6 Å². The van der Waals surface area contributed by atoms with Gasteiger partial charge >= 0.3 is 0 Å². The van der Waals surface area contributed by atoms with Crippen molar-refractivity contribution in [2.45, 2.75) is 13.1 Å². The highest BCUT2D eigenvalue weighted by Gasteiger charge is 1.99. The molecule has 0 saturated heterocycles. The number of rotatable bonds is 6. The fourth-order valence-corrected chi connectivity index (χ4v) is 1.40. The fraction of sp³-hybridized carbons (Fsp3) is 0.364. The molecule has 0 amide bonds. The molecular formula is C11H15N5O. The molecule has 90 valence electrons. The normalized spacial score (nSPS) is 10.4. The Morgan fingerprint density at radius 1 is 1.47 bits per heavy atom. The third kappa shape index (κ3) is 3.53. The molecule has 0 radical (unpaired) electrons. The Balaban J connectivity index is 1.78. The van der Waals surface area contributed by atoms with Crippen LogP contribution in [-0.4, -0.2) is 33.6 Å². The monoisotopic (exact) mass is 233 g/mol. The lowest BCUT2D eigenvalue weighted by Crippen LogP contribution is -2.09. The van der Waals surface area contributed by atoms with Crippen LogP contribution in [0, 0.1) is 0 Å². The second-order valence-electron chi connectivity index (χ2n) is 3.54. The SMILES string of the molecule is CNCc1cn(CCOc2cccnc2)nn1. The van der Waals surface area contributed by atoms with Gasteiger partial charge in [0.2, 0.25) is 0 Å². The van der Waals surface area contributed by atoms with Gasteiger partial charge < -0.3 is 10.1 Å². The van der Waals surface area contributed by atoms with Crippen molar-refractivity contribution < 1.29 is 4.74 Å². The molecule has 0 bridgehead atoms. The first-order valence-electron chi connectivity index (χ1n) is 5.45. The number of pyridine rings is 1. The van der Waals surface area contributed by atoms with Crippen molar-refractivity contribution in [3.63, 3.8) is 0 Å². The topological polar surface area (TPSA) is 64.9 Å². The summed E-state index contributed by atoms with van der Waals surface area (Å²) in [7, 11) is 1.88. The summed E-state index contributed by atoms with van der Waals surface area (Å²) < 4.78 is 7.28. The van der Waals surface area contributed by atoms with Crippen LogP contribution >= 0.6 is 0 Å². The van der Waals surface area contributed by atoms with Crippen LogP contribution < -0.4 is 10.1 Å². The second kappa shape index (κ2) is 5.95. The standard InChI is InChI=1S/C11H15N5O/c1-12-7-10-9-16(15-14-10)5-6-17-11-3-2-4-13-8-11/h2-4,8-9,12H,5-7H2,1H3. The van der Waals surface area contributed by atoms with E-state index in [-0.39, 0.29) is 0 Å². The van der Waals surface area contributed by atoms with E-state index in [9.17, 15) is 0 Å². The first-order chi connectivity index (χ1) is 8.38. The molecule has 0 spiro atoms. The zero-order chi connectivity index (χ0) is 11.9. The maximum absolute atomic E-state index is 5.51. The molecule has 2 aromatic heterocycles. The van der Waals surface area contributed by atoms with Gasteiger partial charge in [-0.3, -0.25) is 4.98 Å². The predicted octanol–water partition coefficient (Wildman–Crippen LogP) is 0.472. The molecule has 0 aliphatic carbocycles. The number of hydrogen-bond donors (Lipinski definition) is 1. The van der Waals surface area contributed by atoms with Crippen LogP contribution in [0.3, 0.4) is 0 Å². The second-order valence-corrected chi connectivity index (χ2v) is 3.54. The minimum atomic E-state index is 0.550. The van der Waals surface area contributed by atoms with E-state index in [1.165, 1.54) is 0 Å². The molecule has 0 fully saturated rings. The number of hydrogen-bond acceptors (Lipinski definition) is 5. The highest BCUT2D eigenvalue weighted by atomic mass is 16.5. The molecule has 0 aliphatic rings. The maximum atomic E-state index is 5.51. The average Bonchev–Trinajstić information content (AvgIpc) is 2.79. The first kappa shape index (κ1) is 11.5. The van der Waals surface area contributed by atoms with Gasteiger partial charge in [0, 0.05) is 18.9 Å². The van der Waals surface area contributed by atoms with Gasteiger partial charge in [-0.25, -0.2) is 4.68 Å². The lowest BCUT2D eigenvalue weighted by Gasteiger charge is -2.04. The molecule has 17 heavy (non-hydrogen) atoms. The summed E-state index contributed by atoms with van der Waals surface area (Å²) in [5.74, 6) is 0.767. The number of nitrogens with zero attached hydrogens (tertiary/aromatic N) is 4. The maximum Gasteiger partial charge on any atom is 0.137 e. The van der Waals surface area contributed by atoms with Crippen LogP contribution in [-0.2, 0) is 13.1 Å². The van der Waals surface area contributed by atoms with Crippen molar-refractivity contribution in [1.29, 1.82) is 0 Å². The Bertz CT molecular complexity index is 442. The Labute approximate surface area is 99.6 Å². The lowest BCUT2D eigenvalue weighted by molar-refractivity contribution is 0.288. The largest absolute Gasteiger partial charge is 0.490 e. The average molecular weight is 233 g/mol. The van der Waals surface area contributed by atoms with E-state index in [1.807, 2.05) is 25.4 Å². The Morgan fingerprint density at radius 2 is 2.41 bits per heavy atom. The van der Waals surface area contributed by atoms with Crippen LogP contribution in [0.1, 0.15) is 5.69 Å². The highest BCUT2D eigenvalue weighted by Crippen LogP contribution is 2.05. The van der Waals surface area contributed by atoms with Gasteiger partial charge in [0.25, 0.3) is 0 Å². The van der Waals surface area contributed by atoms with Gasteiger partial charge in [-0.2, -0.15) is 0 Å². The molecular weight excluding hydrogens is 218 g/mol. The summed E-state index contributed by atoms with van der Waals surface area (Å²) >= 11 is 0. The molecule has 2 aromatic rings. The summed E-state index contributed by atoms with van der Waals surface area (Å²) in [6.07, 6.45) is 5.31. The minimum Gasteiger partial charge on any atom is -0.490 e. The van der Waals surface area contributed by atoms with Gasteiger partial charge in [-0.05, 0) is 19.2 Å². The first-order valence-corrected chi connectivity index (χ1v) is 5.45. The van der Waals surface area contributed by atoms with E-state index in [0.29, 0.717) is 13.2 Å². The Hall–Kier alpha value is -1.95. The third-order valence-corrected chi connectivity index (χ3v) is 2.17. The Morgan fingerprint density at radius 3 is 3.18 bits per heavy atom. The minimum absolute atomic E-state index is 0.550. The van der Waals surface area contributed by atoms with Crippen LogP contribution in [0.5, 0.6) is 5.75 Å². The molecule has 0 atom stereocenters. The van der Waals surface area contributed by atoms with Crippen molar-refractivity contribution in [3.05, 3.63) is 36.4 Å². The van der Waals surface area contributed by atoms with Gasteiger partial charge in [0.1, 0.15) is 12.4 Å². The number of nitrogens with one attached hydrogen (secondary N) is 1. The highest BCUT2D eigenvalue weighted by molar-refractivity contribution is 5.15. The zero-order valence-corrected chi connectivity index (χ0v) is 9.71. The van der Waals surface area contributed by atoms with Crippen LogP contribution in [0.2, 0.25) is 0 Å². The summed E-state index contributed by atoms with van der Waals surface area (Å²) in [4.78, 5) is 3.97. The molecule has 0 aromatic carbocycles. The summed E-state index contributed by atoms with van der Waals surface area (Å²) in [5, 5.41) is 11.0. The van der Waals surface area contributed by atoms with E-state index in [0.717, 1.165) is 18.0 Å². The molecule has 1 N–H and O–H groups in total. The van der Waals surface area contributed by atoms with Crippen LogP contribution in [0.15, 0.2) is 30.7 Å². The van der Waals surface area contributed by atoms with Crippen molar-refractivity contribution in [3.8, 4) is 5.75 Å². The summed E-state index contributed by atoms with van der Waals surface area (Å²) in [6, 6.07) is 3.72. The van der Waals surface area contributed by atoms with Gasteiger partial charge in [0.05, 0.1) is 18.4 Å². The van der Waals surface area contributed by atoms with Crippen molar-refractivity contribution >= 4 is 0 Å². The van der Waals surface area contributed by atoms with Gasteiger partial charge in [0.15, 0.2) is 0 Å². The summed E-state index contributed by atoms with van der Waals surface area (Å²) in [5.41, 5.74) is 0.925. The molecule has 2 rings (SSSR count). The quantitative estimate of drug-likeness (QED) is 0.785. The summed E-state index contributed by atoms with van der Waals surface area (Å²) in [6.45, 7) is 1.95. The Kier molecular flexibility index (Phi) is 4.04. The molecule has 0 aliphatic heterocycles. The van der Waals surface area contributed by atoms with E-state index >= 15 is 0 Å². The number of aromatic nitrogens is 4. The van der Waals surface area contributed by atoms with Crippen LogP contribution in [0.4, 0.5) is 0 Å². The molecule has 2 heterocycles.